The summed E-state index contributed by atoms with van der Waals surface area (Å²) in [5.74, 6) is 3.64. The highest BCUT2D eigenvalue weighted by Crippen LogP contribution is 2.48. The van der Waals surface area contributed by atoms with Gasteiger partial charge in [-0.15, -0.1) is 0 Å². The summed E-state index contributed by atoms with van der Waals surface area (Å²) >= 11 is 0. The standard InChI is InChI=1S/C23H29N3O/c27-23(21-15-20(21)18-7-2-1-3-8-18)25-12-9-19(10-13-25)22-24-11-14-26(22)16-17-5-4-6-17/h1-3,7-8,11,14,17,19-21H,4-6,9-10,12-13,15-16H2/t20-,21+/m0/s1. The summed E-state index contributed by atoms with van der Waals surface area (Å²) in [5, 5.41) is 0. The molecule has 4 nitrogen and oxygen atoms in total. The second-order valence-corrected chi connectivity index (χ2v) is 8.69. The number of hydrogen-bond acceptors (Lipinski definition) is 2. The third-order valence-corrected chi connectivity index (χ3v) is 6.93. The second-order valence-electron chi connectivity index (χ2n) is 8.69. The fourth-order valence-corrected chi connectivity index (χ4v) is 4.92. The third-order valence-electron chi connectivity index (χ3n) is 6.93. The van der Waals surface area contributed by atoms with Crippen molar-refractivity contribution in [2.24, 2.45) is 11.8 Å². The van der Waals surface area contributed by atoms with Crippen LogP contribution in [0.25, 0.3) is 0 Å². The van der Waals surface area contributed by atoms with Gasteiger partial charge in [0.05, 0.1) is 0 Å². The Bertz CT molecular complexity index is 787. The Hall–Kier alpha value is -2.10. The predicted octanol–water partition coefficient (Wildman–Crippen LogP) is 4.19. The van der Waals surface area contributed by atoms with Crippen LogP contribution in [0.5, 0.6) is 0 Å². The lowest BCUT2D eigenvalue weighted by Crippen LogP contribution is -2.39. The van der Waals surface area contributed by atoms with Crippen LogP contribution in [0.4, 0.5) is 0 Å². The lowest BCUT2D eigenvalue weighted by Gasteiger charge is -2.33. The monoisotopic (exact) mass is 363 g/mol. The van der Waals surface area contributed by atoms with Crippen LogP contribution in [0.2, 0.25) is 0 Å². The zero-order valence-electron chi connectivity index (χ0n) is 16.0. The van der Waals surface area contributed by atoms with Gasteiger partial charge in [-0.1, -0.05) is 36.8 Å². The number of nitrogens with zero attached hydrogens (tertiary/aromatic N) is 3. The molecule has 3 aliphatic rings. The van der Waals surface area contributed by atoms with Gasteiger partial charge in [0, 0.05) is 43.9 Å². The molecule has 1 aliphatic heterocycles. The first-order chi connectivity index (χ1) is 13.3. The number of aromatic nitrogens is 2. The summed E-state index contributed by atoms with van der Waals surface area (Å²) in [6.45, 7) is 2.91. The maximum absolute atomic E-state index is 12.9. The fourth-order valence-electron chi connectivity index (χ4n) is 4.92. The van der Waals surface area contributed by atoms with Crippen molar-refractivity contribution >= 4 is 5.91 Å². The van der Waals surface area contributed by atoms with Crippen molar-refractivity contribution in [3.8, 4) is 0 Å². The SMILES string of the molecule is O=C([C@@H]1C[C@H]1c1ccccc1)N1CCC(c2nccn2CC2CCC2)CC1. The van der Waals surface area contributed by atoms with Crippen LogP contribution < -0.4 is 0 Å². The van der Waals surface area contributed by atoms with Gasteiger partial charge in [0.25, 0.3) is 0 Å². The Morgan fingerprint density at radius 2 is 1.85 bits per heavy atom. The molecule has 3 fully saturated rings. The van der Waals surface area contributed by atoms with Crippen LogP contribution in [0.15, 0.2) is 42.7 Å². The molecule has 0 N–H and O–H groups in total. The number of carbonyl (C=O) groups excluding carboxylic acids is 1. The van der Waals surface area contributed by atoms with Crippen molar-refractivity contribution in [3.05, 3.63) is 54.1 Å². The van der Waals surface area contributed by atoms with Crippen molar-refractivity contribution in [3.63, 3.8) is 0 Å². The number of benzene rings is 1. The minimum absolute atomic E-state index is 0.213. The lowest BCUT2D eigenvalue weighted by molar-refractivity contribution is -0.133. The van der Waals surface area contributed by atoms with E-state index in [1.54, 1.807) is 0 Å². The molecule has 142 valence electrons. The Kier molecular flexibility index (Phi) is 4.50. The van der Waals surface area contributed by atoms with Gasteiger partial charge in [-0.2, -0.15) is 0 Å². The van der Waals surface area contributed by atoms with E-state index in [1.165, 1.54) is 30.7 Å². The van der Waals surface area contributed by atoms with Gasteiger partial charge in [0.15, 0.2) is 0 Å². The molecule has 0 spiro atoms. The molecule has 1 saturated heterocycles. The molecule has 1 amide bonds. The van der Waals surface area contributed by atoms with Crippen molar-refractivity contribution in [1.29, 1.82) is 0 Å². The third kappa shape index (κ3) is 3.42. The molecule has 4 heteroatoms. The van der Waals surface area contributed by atoms with E-state index in [0.717, 1.165) is 44.8 Å². The molecule has 2 heterocycles. The number of amides is 1. The summed E-state index contributed by atoms with van der Waals surface area (Å²) in [4.78, 5) is 19.7. The largest absolute Gasteiger partial charge is 0.342 e. The molecule has 2 aliphatic carbocycles. The average molecular weight is 364 g/mol. The van der Waals surface area contributed by atoms with Crippen LogP contribution in [-0.2, 0) is 11.3 Å². The summed E-state index contributed by atoms with van der Waals surface area (Å²) in [6, 6.07) is 10.5. The van der Waals surface area contributed by atoms with Gasteiger partial charge in [-0.25, -0.2) is 4.98 Å². The van der Waals surface area contributed by atoms with E-state index in [9.17, 15) is 4.79 Å². The van der Waals surface area contributed by atoms with Gasteiger partial charge >= 0.3 is 0 Å². The first-order valence-electron chi connectivity index (χ1n) is 10.6. The molecule has 1 aromatic carbocycles. The number of piperidine rings is 1. The Morgan fingerprint density at radius 3 is 2.56 bits per heavy atom. The highest BCUT2D eigenvalue weighted by atomic mass is 16.2. The maximum Gasteiger partial charge on any atom is 0.226 e. The maximum atomic E-state index is 12.9. The summed E-state index contributed by atoms with van der Waals surface area (Å²) < 4.78 is 2.39. The molecule has 2 saturated carbocycles. The molecular formula is C23H29N3O. The zero-order chi connectivity index (χ0) is 18.2. The van der Waals surface area contributed by atoms with Crippen molar-refractivity contribution in [2.45, 2.75) is 56.9 Å². The molecule has 2 atom stereocenters. The van der Waals surface area contributed by atoms with Crippen molar-refractivity contribution < 1.29 is 4.79 Å². The minimum Gasteiger partial charge on any atom is -0.342 e. The van der Waals surface area contributed by atoms with Crippen LogP contribution >= 0.6 is 0 Å². The van der Waals surface area contributed by atoms with Gasteiger partial charge in [0.2, 0.25) is 5.91 Å². The van der Waals surface area contributed by atoms with E-state index in [-0.39, 0.29) is 5.92 Å². The summed E-state index contributed by atoms with van der Waals surface area (Å²) in [7, 11) is 0. The van der Waals surface area contributed by atoms with E-state index >= 15 is 0 Å². The number of likely N-dealkylation sites (tertiary alicyclic amines) is 1. The minimum atomic E-state index is 0.213. The molecule has 27 heavy (non-hydrogen) atoms. The molecule has 0 radical (unpaired) electrons. The van der Waals surface area contributed by atoms with Crippen LogP contribution in [-0.4, -0.2) is 33.4 Å². The smallest absolute Gasteiger partial charge is 0.226 e. The van der Waals surface area contributed by atoms with Crippen molar-refractivity contribution in [2.75, 3.05) is 13.1 Å². The second kappa shape index (κ2) is 7.14. The molecule has 5 rings (SSSR count). The van der Waals surface area contributed by atoms with Gasteiger partial charge < -0.3 is 9.47 Å². The number of carbonyl (C=O) groups is 1. The quantitative estimate of drug-likeness (QED) is 0.799. The van der Waals surface area contributed by atoms with E-state index in [4.69, 9.17) is 0 Å². The topological polar surface area (TPSA) is 38.1 Å². The summed E-state index contributed by atoms with van der Waals surface area (Å²) in [6.07, 6.45) is 11.4. The van der Waals surface area contributed by atoms with Gasteiger partial charge in [0.1, 0.15) is 5.82 Å². The average Bonchev–Trinajstić information content (AvgIpc) is 3.35. The number of hydrogen-bond donors (Lipinski definition) is 0. The summed E-state index contributed by atoms with van der Waals surface area (Å²) in [5.41, 5.74) is 1.32. The van der Waals surface area contributed by atoms with Crippen LogP contribution in [0.3, 0.4) is 0 Å². The number of imidazole rings is 1. The number of rotatable bonds is 5. The lowest BCUT2D eigenvalue weighted by atomic mass is 9.85. The van der Waals surface area contributed by atoms with E-state index < -0.39 is 0 Å². The fraction of sp³-hybridized carbons (Fsp3) is 0.565. The predicted molar refractivity (Wildman–Crippen MR) is 105 cm³/mol. The van der Waals surface area contributed by atoms with Crippen LogP contribution in [0.1, 0.15) is 61.7 Å². The van der Waals surface area contributed by atoms with Gasteiger partial charge in [-0.3, -0.25) is 4.79 Å². The zero-order valence-corrected chi connectivity index (χ0v) is 16.0. The van der Waals surface area contributed by atoms with Gasteiger partial charge in [-0.05, 0) is 49.5 Å². The first-order valence-corrected chi connectivity index (χ1v) is 10.6. The molecular weight excluding hydrogens is 334 g/mol. The van der Waals surface area contributed by atoms with Crippen molar-refractivity contribution in [1.82, 2.24) is 14.5 Å². The molecule has 0 unspecified atom stereocenters. The molecule has 0 bridgehead atoms. The highest BCUT2D eigenvalue weighted by Gasteiger charge is 2.46. The molecule has 1 aromatic heterocycles. The molecule has 2 aromatic rings. The first kappa shape index (κ1) is 17.0. The van der Waals surface area contributed by atoms with E-state index in [1.807, 2.05) is 12.3 Å². The van der Waals surface area contributed by atoms with E-state index in [2.05, 4.69) is 44.9 Å². The normalized spacial score (nSPS) is 26.0. The van der Waals surface area contributed by atoms with Crippen LogP contribution in [0, 0.1) is 11.8 Å². The Balaban J connectivity index is 1.16. The highest BCUT2D eigenvalue weighted by molar-refractivity contribution is 5.83. The Labute approximate surface area is 161 Å². The Morgan fingerprint density at radius 1 is 1.07 bits per heavy atom. The van der Waals surface area contributed by atoms with E-state index in [0.29, 0.717) is 17.7 Å².